The van der Waals surface area contributed by atoms with Gasteiger partial charge in [0, 0.05) is 6.04 Å². The van der Waals surface area contributed by atoms with E-state index in [0.717, 1.165) is 24.2 Å². The van der Waals surface area contributed by atoms with Crippen molar-refractivity contribution >= 4 is 23.9 Å². The van der Waals surface area contributed by atoms with E-state index >= 15 is 0 Å². The molecular formula is C16H26N4O4. The van der Waals surface area contributed by atoms with E-state index < -0.39 is 30.1 Å². The van der Waals surface area contributed by atoms with E-state index in [2.05, 4.69) is 22.9 Å². The molecule has 0 bridgehead atoms. The molecule has 1 aliphatic heterocycles. The minimum absolute atomic E-state index is 0.119. The lowest BCUT2D eigenvalue weighted by Crippen LogP contribution is -2.50. The fourth-order valence-electron chi connectivity index (χ4n) is 3.35. The van der Waals surface area contributed by atoms with E-state index in [0.29, 0.717) is 18.8 Å². The van der Waals surface area contributed by atoms with Crippen LogP contribution in [-0.4, -0.2) is 46.9 Å². The molecule has 0 radical (unpaired) electrons. The average Bonchev–Trinajstić information content (AvgIpc) is 2.71. The molecule has 6 amide bonds. The Bertz CT molecular complexity index is 538. The normalized spacial score (nSPS) is 26.7. The number of hydrogen-bond acceptors (Lipinski definition) is 4. The first-order chi connectivity index (χ1) is 11.3. The van der Waals surface area contributed by atoms with Gasteiger partial charge < -0.3 is 10.6 Å². The molecule has 1 heterocycles. The summed E-state index contributed by atoms with van der Waals surface area (Å²) in [6, 6.07) is -1.32. The van der Waals surface area contributed by atoms with Crippen molar-refractivity contribution in [2.24, 2.45) is 5.92 Å². The van der Waals surface area contributed by atoms with Gasteiger partial charge in [0.25, 0.3) is 5.91 Å². The fourth-order valence-corrected chi connectivity index (χ4v) is 3.35. The van der Waals surface area contributed by atoms with Crippen molar-refractivity contribution in [2.45, 2.75) is 64.5 Å². The lowest BCUT2D eigenvalue weighted by molar-refractivity contribution is -0.135. The average molecular weight is 338 g/mol. The minimum atomic E-state index is -0.872. The molecule has 2 rings (SSSR count). The van der Waals surface area contributed by atoms with Crippen LogP contribution in [0.2, 0.25) is 0 Å². The van der Waals surface area contributed by atoms with Gasteiger partial charge in [-0.15, -0.1) is 0 Å². The van der Waals surface area contributed by atoms with Gasteiger partial charge in [-0.3, -0.25) is 19.8 Å². The van der Waals surface area contributed by atoms with Crippen LogP contribution in [-0.2, 0) is 9.59 Å². The summed E-state index contributed by atoms with van der Waals surface area (Å²) in [7, 11) is 0. The number of nitrogens with one attached hydrogen (secondary N) is 3. The van der Waals surface area contributed by atoms with Gasteiger partial charge in [-0.1, -0.05) is 13.3 Å². The minimum Gasteiger partial charge on any atom is -0.336 e. The molecular weight excluding hydrogens is 312 g/mol. The number of carbonyl (C=O) groups excluding carboxylic acids is 4. The van der Waals surface area contributed by atoms with Gasteiger partial charge in [0.05, 0.1) is 0 Å². The van der Waals surface area contributed by atoms with Gasteiger partial charge in [-0.05, 0) is 45.4 Å². The van der Waals surface area contributed by atoms with Crippen molar-refractivity contribution in [3.05, 3.63) is 0 Å². The molecule has 0 aromatic carbocycles. The molecule has 1 spiro atoms. The third-order valence-corrected chi connectivity index (χ3v) is 4.76. The number of amides is 6. The lowest BCUT2D eigenvalue weighted by atomic mass is 9.75. The van der Waals surface area contributed by atoms with Crippen molar-refractivity contribution in [3.63, 3.8) is 0 Å². The Morgan fingerprint density at radius 2 is 1.92 bits per heavy atom. The number of urea groups is 2. The van der Waals surface area contributed by atoms with Gasteiger partial charge in [0.15, 0.2) is 0 Å². The number of rotatable bonds is 4. The second-order valence-corrected chi connectivity index (χ2v) is 6.93. The zero-order valence-electron chi connectivity index (χ0n) is 14.5. The summed E-state index contributed by atoms with van der Waals surface area (Å²) >= 11 is 0. The predicted molar refractivity (Wildman–Crippen MR) is 87.0 cm³/mol. The first-order valence-corrected chi connectivity index (χ1v) is 8.52. The van der Waals surface area contributed by atoms with Gasteiger partial charge in [0.1, 0.15) is 12.1 Å². The standard InChI is InChI=1S/C16H26N4O4/c1-4-11-5-7-16(8-6-11)13(22)20(15(24)19-16)9-12(21)18-14(23)17-10(2)3/h10-11H,4-9H2,1-3H3,(H,19,24)(H2,17,18,21,23). The largest absolute Gasteiger partial charge is 0.336 e. The number of imide groups is 2. The Balaban J connectivity index is 1.95. The fraction of sp³-hybridized carbons (Fsp3) is 0.750. The van der Waals surface area contributed by atoms with Crippen molar-refractivity contribution < 1.29 is 19.2 Å². The zero-order chi connectivity index (χ0) is 17.9. The summed E-state index contributed by atoms with van der Waals surface area (Å²) in [6.45, 7) is 5.20. The Kier molecular flexibility index (Phi) is 5.46. The first kappa shape index (κ1) is 18.2. The van der Waals surface area contributed by atoms with E-state index in [1.54, 1.807) is 13.8 Å². The van der Waals surface area contributed by atoms with E-state index in [9.17, 15) is 19.2 Å². The van der Waals surface area contributed by atoms with Gasteiger partial charge >= 0.3 is 12.1 Å². The van der Waals surface area contributed by atoms with Crippen molar-refractivity contribution in [2.75, 3.05) is 6.54 Å². The van der Waals surface area contributed by atoms with E-state index in [1.165, 1.54) is 0 Å². The zero-order valence-corrected chi connectivity index (χ0v) is 14.5. The van der Waals surface area contributed by atoms with E-state index in [1.807, 2.05) is 0 Å². The summed E-state index contributed by atoms with van der Waals surface area (Å²) in [5.41, 5.74) is -0.872. The maximum Gasteiger partial charge on any atom is 0.325 e. The molecule has 1 aliphatic carbocycles. The highest BCUT2D eigenvalue weighted by Crippen LogP contribution is 2.37. The maximum atomic E-state index is 12.6. The first-order valence-electron chi connectivity index (χ1n) is 8.52. The molecule has 0 atom stereocenters. The number of nitrogens with zero attached hydrogens (tertiary/aromatic N) is 1. The van der Waals surface area contributed by atoms with Gasteiger partial charge in [-0.2, -0.15) is 0 Å². The lowest BCUT2D eigenvalue weighted by Gasteiger charge is -2.34. The molecule has 1 saturated heterocycles. The Morgan fingerprint density at radius 1 is 1.29 bits per heavy atom. The van der Waals surface area contributed by atoms with E-state index in [4.69, 9.17) is 0 Å². The third-order valence-electron chi connectivity index (χ3n) is 4.76. The van der Waals surface area contributed by atoms with E-state index in [-0.39, 0.29) is 11.9 Å². The van der Waals surface area contributed by atoms with Crippen LogP contribution in [0.4, 0.5) is 9.59 Å². The topological polar surface area (TPSA) is 108 Å². The summed E-state index contributed by atoms with van der Waals surface area (Å²) < 4.78 is 0. The highest BCUT2D eigenvalue weighted by atomic mass is 16.2. The second kappa shape index (κ2) is 7.19. The highest BCUT2D eigenvalue weighted by molar-refractivity contribution is 6.10. The van der Waals surface area contributed by atoms with Crippen molar-refractivity contribution in [1.29, 1.82) is 0 Å². The van der Waals surface area contributed by atoms with Crippen LogP contribution in [0.1, 0.15) is 52.9 Å². The van der Waals surface area contributed by atoms with Crippen LogP contribution in [0.5, 0.6) is 0 Å². The maximum absolute atomic E-state index is 12.6. The van der Waals surface area contributed by atoms with Crippen molar-refractivity contribution in [3.8, 4) is 0 Å². The molecule has 3 N–H and O–H groups in total. The molecule has 134 valence electrons. The van der Waals surface area contributed by atoms with Crippen LogP contribution in [0.15, 0.2) is 0 Å². The summed E-state index contributed by atoms with van der Waals surface area (Å²) in [5, 5.41) is 7.40. The molecule has 24 heavy (non-hydrogen) atoms. The molecule has 0 aromatic rings. The molecule has 2 fully saturated rings. The monoisotopic (exact) mass is 338 g/mol. The molecule has 8 nitrogen and oxygen atoms in total. The summed E-state index contributed by atoms with van der Waals surface area (Å²) in [6.07, 6.45) is 4.04. The van der Waals surface area contributed by atoms with Crippen LogP contribution in [0.25, 0.3) is 0 Å². The highest BCUT2D eigenvalue weighted by Gasteiger charge is 2.52. The van der Waals surface area contributed by atoms with Gasteiger partial charge in [-0.25, -0.2) is 9.59 Å². The summed E-state index contributed by atoms with van der Waals surface area (Å²) in [5.74, 6) is -0.463. The molecule has 1 saturated carbocycles. The number of carbonyl (C=O) groups is 4. The van der Waals surface area contributed by atoms with Crippen LogP contribution >= 0.6 is 0 Å². The SMILES string of the molecule is CCC1CCC2(CC1)NC(=O)N(CC(=O)NC(=O)NC(C)C)C2=O. The number of hydrogen-bond donors (Lipinski definition) is 3. The van der Waals surface area contributed by atoms with Crippen molar-refractivity contribution in [1.82, 2.24) is 20.9 Å². The predicted octanol–water partition coefficient (Wildman–Crippen LogP) is 1.11. The smallest absolute Gasteiger partial charge is 0.325 e. The third kappa shape index (κ3) is 3.85. The Hall–Kier alpha value is -2.12. The second-order valence-electron chi connectivity index (χ2n) is 6.93. The summed E-state index contributed by atoms with van der Waals surface area (Å²) in [4.78, 5) is 49.1. The van der Waals surface area contributed by atoms with Crippen LogP contribution < -0.4 is 16.0 Å². The molecule has 0 aromatic heterocycles. The van der Waals surface area contributed by atoms with Crippen LogP contribution in [0, 0.1) is 5.92 Å². The van der Waals surface area contributed by atoms with Gasteiger partial charge in [0.2, 0.25) is 5.91 Å². The van der Waals surface area contributed by atoms with Crippen LogP contribution in [0.3, 0.4) is 0 Å². The Morgan fingerprint density at radius 3 is 2.46 bits per heavy atom. The molecule has 0 unspecified atom stereocenters. The quantitative estimate of drug-likeness (QED) is 0.667. The molecule has 2 aliphatic rings. The Labute approximate surface area is 141 Å². The molecule has 8 heteroatoms.